The Morgan fingerprint density at radius 2 is 1.96 bits per heavy atom. The highest BCUT2D eigenvalue weighted by atomic mass is 16.5. The molecule has 1 saturated heterocycles. The maximum atomic E-state index is 12.6. The van der Waals surface area contributed by atoms with Gasteiger partial charge < -0.3 is 14.6 Å². The SMILES string of the molecule is CCC(CC)NC(=O)c1nnc2n1CCCCC2C1CCOCC1. The van der Waals surface area contributed by atoms with Crippen molar-refractivity contribution in [1.29, 1.82) is 0 Å². The highest BCUT2D eigenvalue weighted by Crippen LogP contribution is 2.37. The summed E-state index contributed by atoms with van der Waals surface area (Å²) in [5, 5.41) is 11.8. The average Bonchev–Trinajstić information content (AvgIpc) is 2.93. The lowest BCUT2D eigenvalue weighted by Gasteiger charge is -2.28. The number of hydrogen-bond acceptors (Lipinski definition) is 4. The Hall–Kier alpha value is -1.43. The number of carbonyl (C=O) groups excluding carboxylic acids is 1. The van der Waals surface area contributed by atoms with E-state index in [1.807, 2.05) is 0 Å². The van der Waals surface area contributed by atoms with Gasteiger partial charge in [0.25, 0.3) is 5.91 Å². The van der Waals surface area contributed by atoms with Gasteiger partial charge in [0.15, 0.2) is 0 Å². The second-order valence-electron chi connectivity index (χ2n) is 7.07. The first-order valence-corrected chi connectivity index (χ1v) is 9.56. The fraction of sp³-hybridized carbons (Fsp3) is 0.833. The smallest absolute Gasteiger partial charge is 0.289 e. The van der Waals surface area contributed by atoms with Gasteiger partial charge in [0, 0.05) is 31.7 Å². The van der Waals surface area contributed by atoms with Crippen LogP contribution in [0.3, 0.4) is 0 Å². The quantitative estimate of drug-likeness (QED) is 0.899. The maximum Gasteiger partial charge on any atom is 0.289 e. The van der Waals surface area contributed by atoms with Crippen LogP contribution in [0.1, 0.15) is 81.2 Å². The second-order valence-corrected chi connectivity index (χ2v) is 7.07. The van der Waals surface area contributed by atoms with Crippen molar-refractivity contribution in [3.8, 4) is 0 Å². The average molecular weight is 334 g/mol. The number of carbonyl (C=O) groups is 1. The van der Waals surface area contributed by atoms with Gasteiger partial charge in [-0.15, -0.1) is 10.2 Å². The lowest BCUT2D eigenvalue weighted by molar-refractivity contribution is 0.0556. The summed E-state index contributed by atoms with van der Waals surface area (Å²) >= 11 is 0. The number of fused-ring (bicyclic) bond motifs is 1. The third-order valence-electron chi connectivity index (χ3n) is 5.62. The zero-order chi connectivity index (χ0) is 16.9. The molecule has 1 N–H and O–H groups in total. The van der Waals surface area contributed by atoms with E-state index in [0.29, 0.717) is 17.7 Å². The Morgan fingerprint density at radius 1 is 1.21 bits per heavy atom. The van der Waals surface area contributed by atoms with Crippen LogP contribution in [0.4, 0.5) is 0 Å². The van der Waals surface area contributed by atoms with Gasteiger partial charge in [0.2, 0.25) is 5.82 Å². The van der Waals surface area contributed by atoms with Gasteiger partial charge in [0.1, 0.15) is 5.82 Å². The summed E-state index contributed by atoms with van der Waals surface area (Å²) in [6.07, 6.45) is 7.49. The number of nitrogens with one attached hydrogen (secondary N) is 1. The van der Waals surface area contributed by atoms with E-state index in [1.54, 1.807) is 0 Å². The predicted octanol–water partition coefficient (Wildman–Crippen LogP) is 2.89. The maximum absolute atomic E-state index is 12.6. The van der Waals surface area contributed by atoms with Gasteiger partial charge in [-0.2, -0.15) is 0 Å². The molecule has 0 spiro atoms. The zero-order valence-corrected chi connectivity index (χ0v) is 15.0. The first-order valence-electron chi connectivity index (χ1n) is 9.56. The summed E-state index contributed by atoms with van der Waals surface area (Å²) in [6, 6.07) is 0.211. The van der Waals surface area contributed by atoms with Crippen molar-refractivity contribution in [3.05, 3.63) is 11.6 Å². The molecule has 1 aromatic rings. The molecule has 0 radical (unpaired) electrons. The van der Waals surface area contributed by atoms with E-state index < -0.39 is 0 Å². The van der Waals surface area contributed by atoms with E-state index in [4.69, 9.17) is 4.74 Å². The van der Waals surface area contributed by atoms with Crippen molar-refractivity contribution in [2.45, 2.75) is 77.3 Å². The standard InChI is InChI=1S/C18H30N4O2/c1-3-14(4-2)19-18(23)17-21-20-16-15(7-5-6-10-22(16)17)13-8-11-24-12-9-13/h13-15H,3-12H2,1-2H3,(H,19,23). The molecular formula is C18H30N4O2. The van der Waals surface area contributed by atoms with Gasteiger partial charge in [-0.25, -0.2) is 0 Å². The molecule has 134 valence electrons. The van der Waals surface area contributed by atoms with Crippen LogP contribution in [0.5, 0.6) is 0 Å². The Morgan fingerprint density at radius 3 is 2.67 bits per heavy atom. The minimum absolute atomic E-state index is 0.0740. The van der Waals surface area contributed by atoms with Crippen molar-refractivity contribution in [2.75, 3.05) is 13.2 Å². The van der Waals surface area contributed by atoms with Crippen molar-refractivity contribution in [3.63, 3.8) is 0 Å². The van der Waals surface area contributed by atoms with Gasteiger partial charge in [-0.3, -0.25) is 4.79 Å². The minimum Gasteiger partial charge on any atom is -0.381 e. The molecule has 1 unspecified atom stereocenters. The number of hydrogen-bond donors (Lipinski definition) is 1. The molecule has 6 heteroatoms. The molecule has 1 atom stereocenters. The molecule has 2 aliphatic heterocycles. The predicted molar refractivity (Wildman–Crippen MR) is 92.0 cm³/mol. The molecule has 3 rings (SSSR count). The normalized spacial score (nSPS) is 22.2. The lowest BCUT2D eigenvalue weighted by atomic mass is 9.82. The van der Waals surface area contributed by atoms with Gasteiger partial charge in [-0.05, 0) is 44.4 Å². The van der Waals surface area contributed by atoms with Crippen molar-refractivity contribution >= 4 is 5.91 Å². The summed E-state index contributed by atoms with van der Waals surface area (Å²) in [5.74, 6) is 2.47. The number of aromatic nitrogens is 3. The van der Waals surface area contributed by atoms with Crippen LogP contribution in [0.25, 0.3) is 0 Å². The highest BCUT2D eigenvalue weighted by molar-refractivity contribution is 5.90. The molecule has 0 bridgehead atoms. The molecule has 6 nitrogen and oxygen atoms in total. The molecule has 0 saturated carbocycles. The molecule has 24 heavy (non-hydrogen) atoms. The number of nitrogens with zero attached hydrogens (tertiary/aromatic N) is 3. The second kappa shape index (κ2) is 8.10. The Kier molecular flexibility index (Phi) is 5.87. The Balaban J connectivity index is 1.81. The van der Waals surface area contributed by atoms with Crippen LogP contribution in [-0.2, 0) is 11.3 Å². The molecule has 3 heterocycles. The Bertz CT molecular complexity index is 547. The summed E-state index contributed by atoms with van der Waals surface area (Å²) in [6.45, 7) is 6.74. The summed E-state index contributed by atoms with van der Waals surface area (Å²) in [7, 11) is 0. The van der Waals surface area contributed by atoms with E-state index in [0.717, 1.165) is 64.1 Å². The summed E-state index contributed by atoms with van der Waals surface area (Å²) in [5.41, 5.74) is 0. The molecule has 1 aromatic heterocycles. The van der Waals surface area contributed by atoms with Crippen molar-refractivity contribution in [1.82, 2.24) is 20.1 Å². The van der Waals surface area contributed by atoms with E-state index in [1.165, 1.54) is 6.42 Å². The first kappa shape index (κ1) is 17.4. The van der Waals surface area contributed by atoms with Crippen LogP contribution in [0, 0.1) is 5.92 Å². The monoisotopic (exact) mass is 334 g/mol. The fourth-order valence-electron chi connectivity index (χ4n) is 4.05. The number of amides is 1. The number of rotatable bonds is 5. The Labute approximate surface area is 144 Å². The van der Waals surface area contributed by atoms with Gasteiger partial charge >= 0.3 is 0 Å². The van der Waals surface area contributed by atoms with Crippen LogP contribution >= 0.6 is 0 Å². The third kappa shape index (κ3) is 3.63. The highest BCUT2D eigenvalue weighted by Gasteiger charge is 2.32. The van der Waals surface area contributed by atoms with Crippen LogP contribution in [-0.4, -0.2) is 39.9 Å². The summed E-state index contributed by atoms with van der Waals surface area (Å²) in [4.78, 5) is 12.6. The van der Waals surface area contributed by atoms with E-state index in [-0.39, 0.29) is 11.9 Å². The molecule has 0 aliphatic carbocycles. The number of ether oxygens (including phenoxy) is 1. The van der Waals surface area contributed by atoms with Crippen LogP contribution in [0.2, 0.25) is 0 Å². The molecule has 1 amide bonds. The largest absolute Gasteiger partial charge is 0.381 e. The van der Waals surface area contributed by atoms with E-state index in [9.17, 15) is 4.79 Å². The van der Waals surface area contributed by atoms with Crippen LogP contribution in [0.15, 0.2) is 0 Å². The first-order chi connectivity index (χ1) is 11.7. The molecule has 1 fully saturated rings. The molecule has 0 aromatic carbocycles. The third-order valence-corrected chi connectivity index (χ3v) is 5.62. The molecular weight excluding hydrogens is 304 g/mol. The minimum atomic E-state index is -0.0740. The zero-order valence-electron chi connectivity index (χ0n) is 15.0. The van der Waals surface area contributed by atoms with Crippen LogP contribution < -0.4 is 5.32 Å². The van der Waals surface area contributed by atoms with Crippen molar-refractivity contribution in [2.24, 2.45) is 5.92 Å². The lowest BCUT2D eigenvalue weighted by Crippen LogP contribution is -2.35. The fourth-order valence-corrected chi connectivity index (χ4v) is 4.05. The van der Waals surface area contributed by atoms with E-state index in [2.05, 4.69) is 33.9 Å². The molecule has 2 aliphatic rings. The van der Waals surface area contributed by atoms with Gasteiger partial charge in [-0.1, -0.05) is 20.3 Å². The van der Waals surface area contributed by atoms with Crippen molar-refractivity contribution < 1.29 is 9.53 Å². The van der Waals surface area contributed by atoms with Gasteiger partial charge in [0.05, 0.1) is 0 Å². The summed E-state index contributed by atoms with van der Waals surface area (Å²) < 4.78 is 7.60. The topological polar surface area (TPSA) is 69.0 Å². The van der Waals surface area contributed by atoms with E-state index >= 15 is 0 Å².